The molecule has 0 atom stereocenters. The van der Waals surface area contributed by atoms with Crippen molar-refractivity contribution in [2.24, 2.45) is 5.41 Å². The first-order valence-electron chi connectivity index (χ1n) is 15.1. The number of ether oxygens (including phenoxy) is 1. The predicted molar refractivity (Wildman–Crippen MR) is 179 cm³/mol. The van der Waals surface area contributed by atoms with Crippen LogP contribution in [0.25, 0.3) is 43.1 Å². The van der Waals surface area contributed by atoms with Crippen molar-refractivity contribution in [3.8, 4) is 11.8 Å². The zero-order valence-electron chi connectivity index (χ0n) is 25.8. The average molecular weight is 616 g/mol. The van der Waals surface area contributed by atoms with E-state index in [-0.39, 0.29) is 18.7 Å². The molecule has 0 aliphatic carbocycles. The second kappa shape index (κ2) is 12.1. The number of nitrogens with zero attached hydrogens (tertiary/aromatic N) is 2. The fourth-order valence-corrected chi connectivity index (χ4v) is 5.71. The van der Waals surface area contributed by atoms with Gasteiger partial charge in [-0.15, -0.1) is 0 Å². The third-order valence-electron chi connectivity index (χ3n) is 8.00. The Labute approximate surface area is 264 Å². The number of amides is 1. The number of hydrogen-bond acceptors (Lipinski definition) is 6. The van der Waals surface area contributed by atoms with Gasteiger partial charge in [-0.1, -0.05) is 72.5 Å². The van der Waals surface area contributed by atoms with Crippen LogP contribution in [-0.4, -0.2) is 39.3 Å². The molecule has 0 saturated heterocycles. The van der Waals surface area contributed by atoms with Gasteiger partial charge in [-0.05, 0) is 76.3 Å². The zero-order chi connectivity index (χ0) is 32.6. The van der Waals surface area contributed by atoms with Crippen molar-refractivity contribution in [1.29, 1.82) is 0 Å². The van der Waals surface area contributed by atoms with E-state index in [0.717, 1.165) is 41.5 Å². The number of benzene rings is 5. The van der Waals surface area contributed by atoms with Crippen molar-refractivity contribution in [3.63, 3.8) is 0 Å². The molecule has 0 spiro atoms. The number of aromatic nitrogens is 2. The zero-order valence-corrected chi connectivity index (χ0v) is 25.8. The maximum Gasteiger partial charge on any atom is 0.334 e. The van der Waals surface area contributed by atoms with Crippen molar-refractivity contribution in [3.05, 3.63) is 105 Å². The number of rotatable bonds is 7. The smallest absolute Gasteiger partial charge is 0.334 e. The number of fused-ring (bicyclic) bond motifs is 2. The summed E-state index contributed by atoms with van der Waals surface area (Å²) >= 11 is 0. The number of aliphatic hydroxyl groups excluding tert-OH is 1. The molecule has 0 aliphatic heterocycles. The van der Waals surface area contributed by atoms with Gasteiger partial charge in [0.2, 0.25) is 5.91 Å². The van der Waals surface area contributed by atoms with Gasteiger partial charge in [-0.25, -0.2) is 9.36 Å². The summed E-state index contributed by atoms with van der Waals surface area (Å²) in [7, 11) is 0. The monoisotopic (exact) mass is 615 g/mol. The van der Waals surface area contributed by atoms with Crippen molar-refractivity contribution in [1.82, 2.24) is 14.5 Å². The Hall–Kier alpha value is -5.46. The van der Waals surface area contributed by atoms with E-state index in [1.807, 2.05) is 24.3 Å². The molecule has 1 amide bonds. The van der Waals surface area contributed by atoms with Crippen molar-refractivity contribution in [2.75, 3.05) is 13.2 Å². The fraction of sp³-hybridized carbons (Fsp3) is 0.243. The minimum absolute atomic E-state index is 0.0369. The Balaban J connectivity index is 1.47. The second-order valence-electron chi connectivity index (χ2n) is 12.3. The van der Waals surface area contributed by atoms with Gasteiger partial charge in [0.15, 0.2) is 6.73 Å². The molecule has 232 valence electrons. The largest absolute Gasteiger partial charge is 0.443 e. The van der Waals surface area contributed by atoms with Crippen molar-refractivity contribution < 1.29 is 19.4 Å². The van der Waals surface area contributed by atoms with Crippen LogP contribution in [0.15, 0.2) is 82.5 Å². The third-order valence-corrected chi connectivity index (χ3v) is 8.00. The normalized spacial score (nSPS) is 11.7. The number of hydrogen-bond donors (Lipinski definition) is 2. The molecule has 0 unspecified atom stereocenters. The number of aliphatic hydroxyl groups is 1. The molecule has 9 nitrogen and oxygen atoms in total. The molecule has 0 saturated carbocycles. The molecule has 2 N–H and O–H groups in total. The van der Waals surface area contributed by atoms with Crippen LogP contribution < -0.4 is 16.6 Å². The van der Waals surface area contributed by atoms with Crippen LogP contribution in [0.2, 0.25) is 0 Å². The van der Waals surface area contributed by atoms with E-state index in [0.29, 0.717) is 12.0 Å². The molecule has 0 bridgehead atoms. The van der Waals surface area contributed by atoms with E-state index < -0.39 is 41.8 Å². The molecular formula is C37H33N3O6. The first-order chi connectivity index (χ1) is 22.1. The highest BCUT2D eigenvalue weighted by Crippen LogP contribution is 2.40. The minimum atomic E-state index is -0.854. The van der Waals surface area contributed by atoms with Crippen LogP contribution in [0.1, 0.15) is 38.3 Å². The van der Waals surface area contributed by atoms with E-state index in [2.05, 4.69) is 59.6 Å². The van der Waals surface area contributed by atoms with Gasteiger partial charge in [-0.2, -0.15) is 0 Å². The molecule has 6 rings (SSSR count). The molecule has 9 heteroatoms. The number of nitrogens with one attached hydrogen (secondary N) is 1. The SMILES string of the molecule is CC(C)(C)C(=O)OCn1c(=O)c(C#Cc2ccc3c4cccc5cccc(c6cccc2c63)c54)cn(CC(=O)NCCCO)c1=O. The first kappa shape index (κ1) is 30.6. The van der Waals surface area contributed by atoms with E-state index in [9.17, 15) is 19.2 Å². The van der Waals surface area contributed by atoms with Crippen molar-refractivity contribution in [2.45, 2.75) is 40.5 Å². The highest BCUT2D eigenvalue weighted by Gasteiger charge is 2.24. The highest BCUT2D eigenvalue weighted by atomic mass is 16.5. The molecule has 6 aromatic rings. The standard InChI is InChI=1S/C37H33N3O6/c1-37(2,3)35(44)46-22-40-34(43)25(20-39(36(40)45)21-31(42)38-18-7-19-41)15-14-23-16-17-30-28-12-5-9-24-8-4-11-27(32(24)28)29-13-6-10-26(23)33(29)30/h4-6,8-13,16-17,20,41H,7,18-19,21-22H2,1-3H3,(H,38,42). The molecule has 0 aliphatic rings. The summed E-state index contributed by atoms with van der Waals surface area (Å²) in [6.07, 6.45) is 1.61. The lowest BCUT2D eigenvalue weighted by atomic mass is 9.88. The Kier molecular flexibility index (Phi) is 8.07. The average Bonchev–Trinajstić information content (AvgIpc) is 3.04. The predicted octanol–water partition coefficient (Wildman–Crippen LogP) is 4.51. The van der Waals surface area contributed by atoms with E-state index in [1.165, 1.54) is 17.0 Å². The van der Waals surface area contributed by atoms with Gasteiger partial charge in [0.25, 0.3) is 5.56 Å². The number of carbonyl (C=O) groups excluding carboxylic acids is 2. The number of esters is 1. The van der Waals surface area contributed by atoms with Gasteiger partial charge >= 0.3 is 11.7 Å². The first-order valence-corrected chi connectivity index (χ1v) is 15.1. The maximum atomic E-state index is 13.5. The van der Waals surface area contributed by atoms with Gasteiger partial charge in [-0.3, -0.25) is 19.0 Å². The van der Waals surface area contributed by atoms with Crippen LogP contribution in [-0.2, 0) is 27.6 Å². The summed E-state index contributed by atoms with van der Waals surface area (Å²) in [4.78, 5) is 51.8. The summed E-state index contributed by atoms with van der Waals surface area (Å²) in [6.45, 7) is 4.10. The highest BCUT2D eigenvalue weighted by molar-refractivity contribution is 6.33. The van der Waals surface area contributed by atoms with Crippen molar-refractivity contribution >= 4 is 55.0 Å². The lowest BCUT2D eigenvalue weighted by molar-refractivity contribution is -0.157. The fourth-order valence-electron chi connectivity index (χ4n) is 5.71. The molecule has 46 heavy (non-hydrogen) atoms. The lowest BCUT2D eigenvalue weighted by Crippen LogP contribution is -2.44. The van der Waals surface area contributed by atoms with E-state index in [4.69, 9.17) is 9.84 Å². The van der Waals surface area contributed by atoms with E-state index in [1.54, 1.807) is 20.8 Å². The van der Waals surface area contributed by atoms with Crippen LogP contribution in [0.5, 0.6) is 0 Å². The van der Waals surface area contributed by atoms with Gasteiger partial charge in [0.1, 0.15) is 12.1 Å². The van der Waals surface area contributed by atoms with Gasteiger partial charge in [0, 0.05) is 24.9 Å². The summed E-state index contributed by atoms with van der Waals surface area (Å²) in [6, 6.07) is 22.7. The molecule has 1 heterocycles. The Morgan fingerprint density at radius 1 is 0.826 bits per heavy atom. The molecule has 5 aromatic carbocycles. The second-order valence-corrected chi connectivity index (χ2v) is 12.3. The summed E-state index contributed by atoms with van der Waals surface area (Å²) in [5, 5.41) is 20.5. The minimum Gasteiger partial charge on any atom is -0.443 e. The Morgan fingerprint density at radius 2 is 1.43 bits per heavy atom. The van der Waals surface area contributed by atoms with Gasteiger partial charge in [0.05, 0.1) is 5.41 Å². The lowest BCUT2D eigenvalue weighted by Gasteiger charge is -2.17. The number of carbonyl (C=O) groups is 2. The Bertz CT molecular complexity index is 2280. The molecule has 0 radical (unpaired) electrons. The van der Waals surface area contributed by atoms with Crippen LogP contribution in [0.3, 0.4) is 0 Å². The summed E-state index contributed by atoms with van der Waals surface area (Å²) in [5.74, 6) is 5.00. The maximum absolute atomic E-state index is 13.5. The topological polar surface area (TPSA) is 120 Å². The van der Waals surface area contributed by atoms with Crippen LogP contribution >= 0.6 is 0 Å². The molecule has 1 aromatic heterocycles. The summed E-state index contributed by atoms with van der Waals surface area (Å²) in [5.41, 5.74) is -1.75. The quantitative estimate of drug-likeness (QED) is 0.0897. The van der Waals surface area contributed by atoms with E-state index >= 15 is 0 Å². The summed E-state index contributed by atoms with van der Waals surface area (Å²) < 4.78 is 7.14. The van der Waals surface area contributed by atoms with Gasteiger partial charge < -0.3 is 15.2 Å². The van der Waals surface area contributed by atoms with Crippen LogP contribution in [0.4, 0.5) is 0 Å². The molecule has 0 fully saturated rings. The van der Waals surface area contributed by atoms with Crippen LogP contribution in [0, 0.1) is 17.3 Å². The third kappa shape index (κ3) is 5.59. The Morgan fingerprint density at radius 3 is 2.11 bits per heavy atom. The molecular weight excluding hydrogens is 582 g/mol.